The number of carbonyl (C=O) groups is 1. The number of hydrogen-bond donors (Lipinski definition) is 1. The van der Waals surface area contributed by atoms with E-state index in [1.807, 2.05) is 49.6 Å². The van der Waals surface area contributed by atoms with Gasteiger partial charge in [-0.05, 0) is 44.5 Å². The first kappa shape index (κ1) is 22.5. The second-order valence-corrected chi connectivity index (χ2v) is 8.36. The average molecular weight is 465 g/mol. The van der Waals surface area contributed by atoms with Crippen LogP contribution in [0.2, 0.25) is 10.0 Å². The zero-order chi connectivity index (χ0) is 21.7. The average Bonchev–Trinajstić information content (AvgIpc) is 3.14. The molecule has 0 bridgehead atoms. The molecule has 1 amide bonds. The molecule has 2 aromatic carbocycles. The standard InChI is InChI=1S/C21H22Cl2N4O2S/c1-4-27-20(14(3)29-18-11-15(22)9-10-16(18)23)25-26-21(27)30-12-19(28)24-17-8-6-5-7-13(17)2/h5-11,14H,4,12H2,1-3H3,(H,24,28). The van der Waals surface area contributed by atoms with Crippen molar-refractivity contribution in [2.24, 2.45) is 0 Å². The highest BCUT2D eigenvalue weighted by Crippen LogP contribution is 2.32. The highest BCUT2D eigenvalue weighted by molar-refractivity contribution is 7.99. The lowest BCUT2D eigenvalue weighted by atomic mass is 10.2. The lowest BCUT2D eigenvalue weighted by Crippen LogP contribution is -2.16. The fraction of sp³-hybridized carbons (Fsp3) is 0.286. The fourth-order valence-corrected chi connectivity index (χ4v) is 3.98. The van der Waals surface area contributed by atoms with Gasteiger partial charge in [0.25, 0.3) is 0 Å². The molecule has 1 unspecified atom stereocenters. The summed E-state index contributed by atoms with van der Waals surface area (Å²) in [6.07, 6.45) is -0.399. The number of benzene rings is 2. The third kappa shape index (κ3) is 5.47. The minimum absolute atomic E-state index is 0.100. The van der Waals surface area contributed by atoms with Crippen LogP contribution in [0.1, 0.15) is 31.3 Å². The molecule has 0 fully saturated rings. The maximum Gasteiger partial charge on any atom is 0.234 e. The van der Waals surface area contributed by atoms with Gasteiger partial charge in [0.15, 0.2) is 17.1 Å². The van der Waals surface area contributed by atoms with E-state index in [4.69, 9.17) is 27.9 Å². The minimum Gasteiger partial charge on any atom is -0.481 e. The minimum atomic E-state index is -0.399. The molecule has 0 aliphatic carbocycles. The lowest BCUT2D eigenvalue weighted by molar-refractivity contribution is -0.113. The summed E-state index contributed by atoms with van der Waals surface area (Å²) in [5, 5.41) is 13.1. The smallest absolute Gasteiger partial charge is 0.234 e. The topological polar surface area (TPSA) is 69.0 Å². The molecule has 30 heavy (non-hydrogen) atoms. The Labute approximate surface area is 189 Å². The number of carbonyl (C=O) groups excluding carboxylic acids is 1. The first-order valence-electron chi connectivity index (χ1n) is 9.42. The van der Waals surface area contributed by atoms with Crippen molar-refractivity contribution in [3.8, 4) is 5.75 Å². The normalized spacial score (nSPS) is 11.9. The van der Waals surface area contributed by atoms with Crippen molar-refractivity contribution in [2.75, 3.05) is 11.1 Å². The Bertz CT molecular complexity index is 1040. The van der Waals surface area contributed by atoms with Crippen molar-refractivity contribution in [2.45, 2.75) is 38.6 Å². The largest absolute Gasteiger partial charge is 0.481 e. The number of aryl methyl sites for hydroxylation is 1. The Balaban J connectivity index is 1.67. The number of halogens is 2. The zero-order valence-electron chi connectivity index (χ0n) is 16.9. The van der Waals surface area contributed by atoms with E-state index in [1.165, 1.54) is 11.8 Å². The van der Waals surface area contributed by atoms with Gasteiger partial charge in [-0.2, -0.15) is 0 Å². The van der Waals surface area contributed by atoms with Gasteiger partial charge in [-0.1, -0.05) is 53.2 Å². The molecule has 0 spiro atoms. The maximum atomic E-state index is 12.3. The molecule has 0 saturated heterocycles. The molecule has 1 aromatic heterocycles. The van der Waals surface area contributed by atoms with E-state index in [0.717, 1.165) is 11.3 Å². The van der Waals surface area contributed by atoms with Crippen molar-refractivity contribution >= 4 is 46.6 Å². The van der Waals surface area contributed by atoms with Crippen LogP contribution in [0, 0.1) is 6.92 Å². The molecule has 6 nitrogen and oxygen atoms in total. The van der Waals surface area contributed by atoms with E-state index < -0.39 is 6.10 Å². The molecule has 1 N–H and O–H groups in total. The van der Waals surface area contributed by atoms with Crippen molar-refractivity contribution in [3.05, 3.63) is 63.9 Å². The Morgan fingerprint density at radius 2 is 2.00 bits per heavy atom. The first-order valence-corrected chi connectivity index (χ1v) is 11.2. The molecule has 0 aliphatic rings. The van der Waals surface area contributed by atoms with Crippen LogP contribution in [0.5, 0.6) is 5.75 Å². The van der Waals surface area contributed by atoms with E-state index >= 15 is 0 Å². The van der Waals surface area contributed by atoms with Crippen LogP contribution in [0.3, 0.4) is 0 Å². The Morgan fingerprint density at radius 3 is 2.73 bits per heavy atom. The number of para-hydroxylation sites is 1. The van der Waals surface area contributed by atoms with E-state index in [0.29, 0.717) is 33.3 Å². The van der Waals surface area contributed by atoms with Crippen molar-refractivity contribution in [1.29, 1.82) is 0 Å². The predicted molar refractivity (Wildman–Crippen MR) is 122 cm³/mol. The molecule has 1 heterocycles. The van der Waals surface area contributed by atoms with Crippen molar-refractivity contribution in [3.63, 3.8) is 0 Å². The number of thioether (sulfide) groups is 1. The second-order valence-electron chi connectivity index (χ2n) is 6.57. The SMILES string of the molecule is CCn1c(SCC(=O)Nc2ccccc2C)nnc1C(C)Oc1cc(Cl)ccc1Cl. The number of nitrogens with one attached hydrogen (secondary N) is 1. The molecule has 0 radical (unpaired) electrons. The van der Waals surface area contributed by atoms with Crippen LogP contribution in [0.4, 0.5) is 5.69 Å². The van der Waals surface area contributed by atoms with Crippen LogP contribution in [0.25, 0.3) is 0 Å². The maximum absolute atomic E-state index is 12.3. The Kier molecular flexibility index (Phi) is 7.64. The summed E-state index contributed by atoms with van der Waals surface area (Å²) < 4.78 is 7.88. The molecule has 158 valence electrons. The molecular weight excluding hydrogens is 443 g/mol. The predicted octanol–water partition coefficient (Wildman–Crippen LogP) is 5.78. The summed E-state index contributed by atoms with van der Waals surface area (Å²) in [6, 6.07) is 12.7. The number of anilines is 1. The highest BCUT2D eigenvalue weighted by atomic mass is 35.5. The summed E-state index contributed by atoms with van der Waals surface area (Å²) in [7, 11) is 0. The number of hydrogen-bond acceptors (Lipinski definition) is 5. The van der Waals surface area contributed by atoms with E-state index in [1.54, 1.807) is 18.2 Å². The molecule has 1 atom stereocenters. The Morgan fingerprint density at radius 1 is 1.23 bits per heavy atom. The van der Waals surface area contributed by atoms with Gasteiger partial charge in [-0.15, -0.1) is 10.2 Å². The number of aromatic nitrogens is 3. The molecule has 3 aromatic rings. The van der Waals surface area contributed by atoms with Gasteiger partial charge < -0.3 is 14.6 Å². The first-order chi connectivity index (χ1) is 14.4. The van der Waals surface area contributed by atoms with Gasteiger partial charge in [-0.3, -0.25) is 4.79 Å². The zero-order valence-corrected chi connectivity index (χ0v) is 19.2. The van der Waals surface area contributed by atoms with Crippen LogP contribution < -0.4 is 10.1 Å². The fourth-order valence-electron chi connectivity index (χ4n) is 2.84. The van der Waals surface area contributed by atoms with Gasteiger partial charge in [0.1, 0.15) is 5.75 Å². The summed E-state index contributed by atoms with van der Waals surface area (Å²) in [6.45, 7) is 6.45. The van der Waals surface area contributed by atoms with Crippen LogP contribution in [0.15, 0.2) is 47.6 Å². The second kappa shape index (κ2) is 10.2. The highest BCUT2D eigenvalue weighted by Gasteiger charge is 2.20. The lowest BCUT2D eigenvalue weighted by Gasteiger charge is -2.16. The van der Waals surface area contributed by atoms with E-state index in [2.05, 4.69) is 15.5 Å². The summed E-state index contributed by atoms with van der Waals surface area (Å²) in [4.78, 5) is 12.3. The van der Waals surface area contributed by atoms with Crippen LogP contribution in [-0.2, 0) is 11.3 Å². The van der Waals surface area contributed by atoms with Gasteiger partial charge in [-0.25, -0.2) is 0 Å². The Hall–Kier alpha value is -2.22. The van der Waals surface area contributed by atoms with Gasteiger partial charge >= 0.3 is 0 Å². The van der Waals surface area contributed by atoms with Crippen molar-refractivity contribution in [1.82, 2.24) is 14.8 Å². The van der Waals surface area contributed by atoms with E-state index in [9.17, 15) is 4.79 Å². The van der Waals surface area contributed by atoms with Gasteiger partial charge in [0, 0.05) is 23.3 Å². The molecule has 0 aliphatic heterocycles. The molecule has 3 rings (SSSR count). The number of nitrogens with zero attached hydrogens (tertiary/aromatic N) is 3. The summed E-state index contributed by atoms with van der Waals surface area (Å²) in [5.74, 6) is 1.25. The van der Waals surface area contributed by atoms with Crippen molar-refractivity contribution < 1.29 is 9.53 Å². The summed E-state index contributed by atoms with van der Waals surface area (Å²) >= 11 is 13.6. The number of ether oxygens (including phenoxy) is 1. The van der Waals surface area contributed by atoms with Gasteiger partial charge in [0.2, 0.25) is 5.91 Å². The van der Waals surface area contributed by atoms with Gasteiger partial charge in [0.05, 0.1) is 10.8 Å². The quantitative estimate of drug-likeness (QED) is 0.427. The van der Waals surface area contributed by atoms with Crippen LogP contribution in [-0.4, -0.2) is 26.4 Å². The molecule has 9 heteroatoms. The number of amides is 1. The molecule has 0 saturated carbocycles. The number of rotatable bonds is 8. The third-order valence-corrected chi connectivity index (χ3v) is 5.89. The van der Waals surface area contributed by atoms with E-state index in [-0.39, 0.29) is 11.7 Å². The van der Waals surface area contributed by atoms with Crippen LogP contribution >= 0.6 is 35.0 Å². The molecular formula is C21H22Cl2N4O2S. The monoisotopic (exact) mass is 464 g/mol. The third-order valence-electron chi connectivity index (χ3n) is 4.37. The summed E-state index contributed by atoms with van der Waals surface area (Å²) in [5.41, 5.74) is 1.82.